The van der Waals surface area contributed by atoms with Crippen LogP contribution in [0.15, 0.2) is 11.1 Å². The molecule has 0 aliphatic rings. The van der Waals surface area contributed by atoms with Crippen LogP contribution < -0.4 is 0 Å². The molecule has 0 aromatic heterocycles. The third-order valence-electron chi connectivity index (χ3n) is 3.32. The van der Waals surface area contributed by atoms with Gasteiger partial charge in [-0.15, -0.1) is 0 Å². The van der Waals surface area contributed by atoms with Crippen molar-refractivity contribution in [1.29, 1.82) is 0 Å². The lowest BCUT2D eigenvalue weighted by Crippen LogP contribution is -2.33. The zero-order valence-corrected chi connectivity index (χ0v) is 12.5. The molecule has 0 aliphatic heterocycles. The summed E-state index contributed by atoms with van der Waals surface area (Å²) in [4.78, 5) is 22.1. The Morgan fingerprint density at radius 3 is 1.95 bits per heavy atom. The third kappa shape index (κ3) is 6.70. The van der Waals surface area contributed by atoms with Crippen LogP contribution in [0.2, 0.25) is 0 Å². The average molecular weight is 304 g/mol. The first-order valence-electron chi connectivity index (χ1n) is 6.69. The number of carboxylic acid groups (broad SMARTS) is 1. The molecule has 0 aromatic carbocycles. The van der Waals surface area contributed by atoms with Crippen LogP contribution in [0.25, 0.3) is 0 Å². The van der Waals surface area contributed by atoms with Crippen molar-refractivity contribution >= 4 is 11.9 Å². The summed E-state index contributed by atoms with van der Waals surface area (Å²) in [7, 11) is 0. The molecule has 0 rings (SSSR count). The number of hydrogen-bond donors (Lipinski definition) is 4. The Morgan fingerprint density at radius 2 is 1.57 bits per heavy atom. The molecule has 0 heterocycles. The molecule has 0 bridgehead atoms. The molecule has 0 aliphatic carbocycles. The predicted octanol–water partition coefficient (Wildman–Crippen LogP) is 0.0842. The summed E-state index contributed by atoms with van der Waals surface area (Å²) in [5.41, 5.74) is 0.115. The highest BCUT2D eigenvalue weighted by atomic mass is 16.5. The Labute approximate surface area is 123 Å². The number of carbonyl (C=O) groups excluding carboxylic acids is 1. The zero-order valence-electron chi connectivity index (χ0n) is 12.5. The van der Waals surface area contributed by atoms with Gasteiger partial charge in [0.15, 0.2) is 6.61 Å². The fraction of sp³-hybridized carbons (Fsp3) is 0.714. The van der Waals surface area contributed by atoms with Crippen molar-refractivity contribution in [1.82, 2.24) is 0 Å². The lowest BCUT2D eigenvalue weighted by Gasteiger charge is -2.27. The highest BCUT2D eigenvalue weighted by Crippen LogP contribution is 2.25. The molecule has 0 aromatic rings. The maximum Gasteiger partial charge on any atom is 0.341 e. The van der Waals surface area contributed by atoms with Gasteiger partial charge in [0.25, 0.3) is 0 Å². The number of aliphatic carboxylic acids is 1. The van der Waals surface area contributed by atoms with E-state index in [2.05, 4.69) is 4.74 Å². The molecule has 0 unspecified atom stereocenters. The number of rotatable bonds is 10. The molecule has 0 atom stereocenters. The first kappa shape index (κ1) is 19.6. The number of carbonyl (C=O) groups is 2. The molecule has 4 N–H and O–H groups in total. The average Bonchev–Trinajstić information content (AvgIpc) is 2.45. The predicted molar refractivity (Wildman–Crippen MR) is 74.5 cm³/mol. The molecule has 122 valence electrons. The summed E-state index contributed by atoms with van der Waals surface area (Å²) in [6, 6.07) is 0. The van der Waals surface area contributed by atoms with Crippen LogP contribution in [0.3, 0.4) is 0 Å². The fourth-order valence-corrected chi connectivity index (χ4v) is 1.80. The Morgan fingerprint density at radius 1 is 1.05 bits per heavy atom. The fourth-order valence-electron chi connectivity index (χ4n) is 1.80. The van der Waals surface area contributed by atoms with Gasteiger partial charge in [-0.25, -0.2) is 9.59 Å². The number of esters is 1. The van der Waals surface area contributed by atoms with Crippen molar-refractivity contribution in [2.75, 3.05) is 26.4 Å². The van der Waals surface area contributed by atoms with E-state index in [0.29, 0.717) is 30.4 Å². The van der Waals surface area contributed by atoms with Gasteiger partial charge >= 0.3 is 11.9 Å². The van der Waals surface area contributed by atoms with E-state index >= 15 is 0 Å². The Kier molecular flexibility index (Phi) is 8.84. The number of hydrogen-bond acceptors (Lipinski definition) is 6. The molecule has 0 saturated carbocycles. The molecule has 7 heteroatoms. The summed E-state index contributed by atoms with van der Waals surface area (Å²) in [5, 5.41) is 36.1. The first-order valence-corrected chi connectivity index (χ1v) is 6.69. The first-order chi connectivity index (χ1) is 9.81. The summed E-state index contributed by atoms with van der Waals surface area (Å²) < 4.78 is 4.64. The lowest BCUT2D eigenvalue weighted by molar-refractivity contribution is -0.152. The summed E-state index contributed by atoms with van der Waals surface area (Å²) in [6.07, 6.45) is 1.10. The number of ether oxygens (including phenoxy) is 1. The van der Waals surface area contributed by atoms with E-state index in [1.54, 1.807) is 13.8 Å². The lowest BCUT2D eigenvalue weighted by atomic mass is 9.84. The molecule has 0 radical (unpaired) electrons. The minimum absolute atomic E-state index is 0.322. The smallest absolute Gasteiger partial charge is 0.341 e. The van der Waals surface area contributed by atoms with Crippen molar-refractivity contribution in [3.05, 3.63) is 11.1 Å². The molecular formula is C14H24O7. The molecular weight excluding hydrogens is 280 g/mol. The van der Waals surface area contributed by atoms with Crippen LogP contribution in [-0.4, -0.2) is 58.8 Å². The number of allylic oxidation sites excluding steroid dienone is 1. The van der Waals surface area contributed by atoms with Crippen LogP contribution in [0.1, 0.15) is 33.1 Å². The van der Waals surface area contributed by atoms with Crippen LogP contribution >= 0.6 is 0 Å². The highest BCUT2D eigenvalue weighted by molar-refractivity contribution is 5.90. The second-order valence-corrected chi connectivity index (χ2v) is 5.28. The number of aliphatic hydroxyl groups is 3. The minimum Gasteiger partial charge on any atom is -0.479 e. The standard InChI is InChI=1S/C14H24O7/c1-10(2)11(13(20)21-6-12(18)19)4-3-5-14(7-15,8-16)9-17/h15-17H,3-9H2,1-2H3,(H,18,19). The molecule has 7 nitrogen and oxygen atoms in total. The van der Waals surface area contributed by atoms with E-state index in [0.717, 1.165) is 0 Å². The maximum absolute atomic E-state index is 11.8. The van der Waals surface area contributed by atoms with Gasteiger partial charge in [0.05, 0.1) is 19.8 Å². The van der Waals surface area contributed by atoms with Crippen LogP contribution in [0.5, 0.6) is 0 Å². The van der Waals surface area contributed by atoms with Gasteiger partial charge in [0, 0.05) is 11.0 Å². The van der Waals surface area contributed by atoms with Crippen molar-refractivity contribution in [3.63, 3.8) is 0 Å². The molecule has 0 amide bonds. The number of aliphatic hydroxyl groups excluding tert-OH is 3. The van der Waals surface area contributed by atoms with Gasteiger partial charge in [-0.05, 0) is 33.1 Å². The quantitative estimate of drug-likeness (QED) is 0.333. The largest absolute Gasteiger partial charge is 0.479 e. The second-order valence-electron chi connectivity index (χ2n) is 5.28. The topological polar surface area (TPSA) is 124 Å². The number of carboxylic acids is 1. The Hall–Kier alpha value is -1.44. The van der Waals surface area contributed by atoms with E-state index in [4.69, 9.17) is 5.11 Å². The van der Waals surface area contributed by atoms with Gasteiger partial charge in [-0.2, -0.15) is 0 Å². The summed E-state index contributed by atoms with van der Waals surface area (Å²) in [5.74, 6) is -1.91. The van der Waals surface area contributed by atoms with E-state index in [-0.39, 0.29) is 19.8 Å². The van der Waals surface area contributed by atoms with Crippen molar-refractivity contribution in [3.8, 4) is 0 Å². The monoisotopic (exact) mass is 304 g/mol. The van der Waals surface area contributed by atoms with E-state index in [1.165, 1.54) is 0 Å². The highest BCUT2D eigenvalue weighted by Gasteiger charge is 2.28. The zero-order chi connectivity index (χ0) is 16.5. The summed E-state index contributed by atoms with van der Waals surface area (Å²) >= 11 is 0. The van der Waals surface area contributed by atoms with Gasteiger partial charge < -0.3 is 25.2 Å². The van der Waals surface area contributed by atoms with Gasteiger partial charge in [0.1, 0.15) is 0 Å². The van der Waals surface area contributed by atoms with E-state index < -0.39 is 24.0 Å². The molecule has 0 saturated heterocycles. The summed E-state index contributed by atoms with van der Waals surface area (Å²) in [6.45, 7) is 1.68. The van der Waals surface area contributed by atoms with Crippen molar-refractivity contribution < 1.29 is 34.8 Å². The molecule has 0 fully saturated rings. The van der Waals surface area contributed by atoms with E-state index in [9.17, 15) is 24.9 Å². The second kappa shape index (κ2) is 9.49. The van der Waals surface area contributed by atoms with E-state index in [1.807, 2.05) is 0 Å². The van der Waals surface area contributed by atoms with Crippen molar-refractivity contribution in [2.24, 2.45) is 5.41 Å². The minimum atomic E-state index is -1.23. The SMILES string of the molecule is CC(C)=C(CCCC(CO)(CO)CO)C(=O)OCC(=O)O. The Balaban J connectivity index is 4.59. The normalized spacial score (nSPS) is 11.1. The maximum atomic E-state index is 11.8. The van der Waals surface area contributed by atoms with Gasteiger partial charge in [-0.1, -0.05) is 5.57 Å². The van der Waals surface area contributed by atoms with Gasteiger partial charge in [0.2, 0.25) is 0 Å². The van der Waals surface area contributed by atoms with Crippen LogP contribution in [0.4, 0.5) is 0 Å². The van der Waals surface area contributed by atoms with Crippen molar-refractivity contribution in [2.45, 2.75) is 33.1 Å². The molecule has 0 spiro atoms. The third-order valence-corrected chi connectivity index (χ3v) is 3.32. The Bertz CT molecular complexity index is 371. The molecule has 21 heavy (non-hydrogen) atoms. The van der Waals surface area contributed by atoms with Crippen LogP contribution in [0, 0.1) is 5.41 Å². The van der Waals surface area contributed by atoms with Crippen LogP contribution in [-0.2, 0) is 14.3 Å². The van der Waals surface area contributed by atoms with Gasteiger partial charge in [-0.3, -0.25) is 0 Å².